The lowest BCUT2D eigenvalue weighted by Crippen LogP contribution is -2.33. The van der Waals surface area contributed by atoms with Crippen molar-refractivity contribution in [3.05, 3.63) is 12.7 Å². The summed E-state index contributed by atoms with van der Waals surface area (Å²) >= 11 is 0. The molecule has 0 aromatic carbocycles. The van der Waals surface area contributed by atoms with Crippen molar-refractivity contribution in [2.75, 3.05) is 0 Å². The molecule has 0 radical (unpaired) electrons. The first-order valence-corrected chi connectivity index (χ1v) is 5.78. The Balaban J connectivity index is 2.04. The van der Waals surface area contributed by atoms with E-state index in [2.05, 4.69) is 20.4 Å². The van der Waals surface area contributed by atoms with Gasteiger partial charge in [-0.1, -0.05) is 19.9 Å². The van der Waals surface area contributed by atoms with Crippen LogP contribution in [0.15, 0.2) is 12.7 Å². The highest BCUT2D eigenvalue weighted by Gasteiger charge is 2.61. The highest BCUT2D eigenvalue weighted by Crippen LogP contribution is 2.67. The van der Waals surface area contributed by atoms with Gasteiger partial charge in [-0.3, -0.25) is 0 Å². The molecule has 0 amide bonds. The lowest BCUT2D eigenvalue weighted by Gasteiger charge is -2.38. The van der Waals surface area contributed by atoms with Crippen molar-refractivity contribution < 1.29 is 5.11 Å². The molecule has 2 aliphatic rings. The van der Waals surface area contributed by atoms with E-state index >= 15 is 0 Å². The van der Waals surface area contributed by atoms with Crippen molar-refractivity contribution in [1.29, 1.82) is 0 Å². The van der Waals surface area contributed by atoms with Crippen LogP contribution in [0.2, 0.25) is 0 Å². The SMILES string of the molecule is C=CCC[C@@]12C[C@@H]1[C@H](O)CC(C)(C)C2. The maximum Gasteiger partial charge on any atom is 0.0579 e. The van der Waals surface area contributed by atoms with Gasteiger partial charge in [0.2, 0.25) is 0 Å². The first-order chi connectivity index (χ1) is 6.49. The molecule has 0 aromatic rings. The van der Waals surface area contributed by atoms with Crippen molar-refractivity contribution in [1.82, 2.24) is 0 Å². The van der Waals surface area contributed by atoms with E-state index in [9.17, 15) is 5.11 Å². The van der Waals surface area contributed by atoms with Crippen LogP contribution in [0.5, 0.6) is 0 Å². The minimum absolute atomic E-state index is 0.0384. The van der Waals surface area contributed by atoms with E-state index in [1.807, 2.05) is 6.08 Å². The van der Waals surface area contributed by atoms with Gasteiger partial charge >= 0.3 is 0 Å². The van der Waals surface area contributed by atoms with E-state index in [0.717, 1.165) is 12.8 Å². The Hall–Kier alpha value is -0.300. The van der Waals surface area contributed by atoms with Crippen LogP contribution in [0, 0.1) is 16.7 Å². The Morgan fingerprint density at radius 2 is 2.14 bits per heavy atom. The van der Waals surface area contributed by atoms with Gasteiger partial charge in [-0.05, 0) is 48.9 Å². The Morgan fingerprint density at radius 3 is 2.79 bits per heavy atom. The average Bonchev–Trinajstić information content (AvgIpc) is 2.74. The van der Waals surface area contributed by atoms with Crippen LogP contribution in [0.4, 0.5) is 0 Å². The highest BCUT2D eigenvalue weighted by molar-refractivity contribution is 5.11. The maximum atomic E-state index is 9.99. The lowest BCUT2D eigenvalue weighted by molar-refractivity contribution is 0.0260. The molecule has 80 valence electrons. The molecule has 0 bridgehead atoms. The van der Waals surface area contributed by atoms with Crippen molar-refractivity contribution in [3.8, 4) is 0 Å². The molecule has 1 heteroatoms. The Labute approximate surface area is 87.2 Å². The molecule has 0 spiro atoms. The van der Waals surface area contributed by atoms with Crippen LogP contribution in [0.1, 0.15) is 46.0 Å². The normalized spacial score (nSPS) is 44.2. The van der Waals surface area contributed by atoms with E-state index in [-0.39, 0.29) is 6.10 Å². The fraction of sp³-hybridized carbons (Fsp3) is 0.846. The second-order valence-electron chi connectivity index (χ2n) is 6.11. The van der Waals surface area contributed by atoms with Crippen LogP contribution in [-0.4, -0.2) is 11.2 Å². The molecule has 2 rings (SSSR count). The molecule has 0 saturated heterocycles. The topological polar surface area (TPSA) is 20.2 Å². The average molecular weight is 194 g/mol. The van der Waals surface area contributed by atoms with Gasteiger partial charge < -0.3 is 5.11 Å². The third-order valence-electron chi connectivity index (χ3n) is 4.16. The van der Waals surface area contributed by atoms with Gasteiger partial charge in [0.05, 0.1) is 6.10 Å². The number of aliphatic hydroxyl groups is 1. The van der Waals surface area contributed by atoms with E-state index in [0.29, 0.717) is 16.7 Å². The fourth-order valence-electron chi connectivity index (χ4n) is 3.63. The second-order valence-corrected chi connectivity index (χ2v) is 6.11. The van der Waals surface area contributed by atoms with E-state index in [1.54, 1.807) is 0 Å². The smallest absolute Gasteiger partial charge is 0.0579 e. The molecular formula is C13H22O. The molecule has 2 fully saturated rings. The summed E-state index contributed by atoms with van der Waals surface area (Å²) in [7, 11) is 0. The summed E-state index contributed by atoms with van der Waals surface area (Å²) in [5, 5.41) is 9.99. The van der Waals surface area contributed by atoms with Crippen molar-refractivity contribution in [2.24, 2.45) is 16.7 Å². The monoisotopic (exact) mass is 194 g/mol. The highest BCUT2D eigenvalue weighted by atomic mass is 16.3. The zero-order chi connectivity index (χ0) is 10.4. The second kappa shape index (κ2) is 3.10. The van der Waals surface area contributed by atoms with E-state index in [1.165, 1.54) is 19.3 Å². The summed E-state index contributed by atoms with van der Waals surface area (Å²) in [4.78, 5) is 0. The molecule has 0 aliphatic heterocycles. The standard InChI is InChI=1S/C13H22O/c1-4-5-6-13-7-10(13)11(14)8-12(2,3)9-13/h4,10-11,14H,1,5-9H2,2-3H3/t10-,11-,13+/m1/s1. The number of fused-ring (bicyclic) bond motifs is 1. The van der Waals surface area contributed by atoms with Gasteiger partial charge in [0, 0.05) is 0 Å². The minimum atomic E-state index is -0.0384. The molecule has 2 saturated carbocycles. The molecule has 0 aromatic heterocycles. The summed E-state index contributed by atoms with van der Waals surface area (Å²) in [6, 6.07) is 0. The molecule has 1 nitrogen and oxygen atoms in total. The van der Waals surface area contributed by atoms with E-state index in [4.69, 9.17) is 0 Å². The number of allylic oxidation sites excluding steroid dienone is 1. The summed E-state index contributed by atoms with van der Waals surface area (Å²) in [5.41, 5.74) is 0.822. The van der Waals surface area contributed by atoms with Gasteiger partial charge in [0.1, 0.15) is 0 Å². The molecule has 2 aliphatic carbocycles. The third kappa shape index (κ3) is 1.63. The molecule has 3 atom stereocenters. The first kappa shape index (κ1) is 10.2. The van der Waals surface area contributed by atoms with Crippen molar-refractivity contribution in [3.63, 3.8) is 0 Å². The predicted molar refractivity (Wildman–Crippen MR) is 59.0 cm³/mol. The largest absolute Gasteiger partial charge is 0.393 e. The number of rotatable bonds is 3. The summed E-state index contributed by atoms with van der Waals surface area (Å²) in [6.45, 7) is 8.37. The van der Waals surface area contributed by atoms with Crippen LogP contribution in [0.3, 0.4) is 0 Å². The van der Waals surface area contributed by atoms with Gasteiger partial charge in [0.25, 0.3) is 0 Å². The Kier molecular flexibility index (Phi) is 2.26. The van der Waals surface area contributed by atoms with Crippen LogP contribution < -0.4 is 0 Å². The molecule has 14 heavy (non-hydrogen) atoms. The molecule has 0 unspecified atom stereocenters. The van der Waals surface area contributed by atoms with Gasteiger partial charge in [-0.2, -0.15) is 0 Å². The molecular weight excluding hydrogens is 172 g/mol. The maximum absolute atomic E-state index is 9.99. The van der Waals surface area contributed by atoms with Gasteiger partial charge in [0.15, 0.2) is 0 Å². The van der Waals surface area contributed by atoms with Crippen LogP contribution in [-0.2, 0) is 0 Å². The quantitative estimate of drug-likeness (QED) is 0.684. The van der Waals surface area contributed by atoms with E-state index < -0.39 is 0 Å². The Bertz CT molecular complexity index is 244. The van der Waals surface area contributed by atoms with Crippen LogP contribution in [0.25, 0.3) is 0 Å². The Morgan fingerprint density at radius 1 is 1.43 bits per heavy atom. The van der Waals surface area contributed by atoms with Crippen molar-refractivity contribution in [2.45, 2.75) is 52.1 Å². The summed E-state index contributed by atoms with van der Waals surface area (Å²) in [6.07, 6.45) is 7.87. The minimum Gasteiger partial charge on any atom is -0.393 e. The van der Waals surface area contributed by atoms with Gasteiger partial charge in [-0.15, -0.1) is 6.58 Å². The summed E-state index contributed by atoms with van der Waals surface area (Å²) < 4.78 is 0. The first-order valence-electron chi connectivity index (χ1n) is 5.78. The fourth-order valence-corrected chi connectivity index (χ4v) is 3.63. The number of hydrogen-bond acceptors (Lipinski definition) is 1. The van der Waals surface area contributed by atoms with Crippen LogP contribution >= 0.6 is 0 Å². The lowest BCUT2D eigenvalue weighted by atomic mass is 9.69. The number of hydrogen-bond donors (Lipinski definition) is 1. The zero-order valence-corrected chi connectivity index (χ0v) is 9.42. The molecule has 0 heterocycles. The zero-order valence-electron chi connectivity index (χ0n) is 9.42. The predicted octanol–water partition coefficient (Wildman–Crippen LogP) is 3.14. The number of aliphatic hydroxyl groups excluding tert-OH is 1. The van der Waals surface area contributed by atoms with Crippen molar-refractivity contribution >= 4 is 0 Å². The third-order valence-corrected chi connectivity index (χ3v) is 4.16. The summed E-state index contributed by atoms with van der Waals surface area (Å²) in [5.74, 6) is 0.607. The van der Waals surface area contributed by atoms with Gasteiger partial charge in [-0.25, -0.2) is 0 Å². The molecule has 1 N–H and O–H groups in total.